The molecule has 1 rings (SSSR count). The minimum atomic E-state index is -0.924. The van der Waals surface area contributed by atoms with E-state index in [9.17, 15) is 9.59 Å². The molecule has 0 aliphatic rings. The van der Waals surface area contributed by atoms with Gasteiger partial charge in [0, 0.05) is 13.6 Å². The molecule has 0 bridgehead atoms. The number of carboxylic acids is 1. The van der Waals surface area contributed by atoms with E-state index in [0.29, 0.717) is 4.88 Å². The van der Waals surface area contributed by atoms with Crippen LogP contribution in [0.15, 0.2) is 6.20 Å². The van der Waals surface area contributed by atoms with E-state index in [0.717, 1.165) is 11.5 Å². The van der Waals surface area contributed by atoms with Crippen molar-refractivity contribution in [1.82, 2.24) is 14.5 Å². The Morgan fingerprint density at radius 1 is 1.64 bits per heavy atom. The number of amides is 1. The maximum atomic E-state index is 11.5. The molecule has 14 heavy (non-hydrogen) atoms. The minimum Gasteiger partial charge on any atom is -0.481 e. The molecular weight excluding hydrogens is 206 g/mol. The molecule has 1 heterocycles. The van der Waals surface area contributed by atoms with Crippen molar-refractivity contribution < 1.29 is 14.7 Å². The van der Waals surface area contributed by atoms with E-state index in [1.807, 2.05) is 0 Å². The van der Waals surface area contributed by atoms with Gasteiger partial charge in [0.15, 0.2) is 0 Å². The summed E-state index contributed by atoms with van der Waals surface area (Å²) in [5.74, 6) is -1.17. The molecule has 1 amide bonds. The molecule has 1 aromatic rings. The van der Waals surface area contributed by atoms with Crippen molar-refractivity contribution in [2.24, 2.45) is 0 Å². The van der Waals surface area contributed by atoms with E-state index in [2.05, 4.69) is 9.59 Å². The topological polar surface area (TPSA) is 83.4 Å². The summed E-state index contributed by atoms with van der Waals surface area (Å²) in [5, 5.41) is 11.9. The number of hydrogen-bond donors (Lipinski definition) is 1. The molecule has 0 spiro atoms. The molecule has 7 heteroatoms. The maximum Gasteiger partial charge on any atom is 0.305 e. The highest BCUT2D eigenvalue weighted by Crippen LogP contribution is 2.05. The molecule has 0 aliphatic heterocycles. The van der Waals surface area contributed by atoms with Crippen LogP contribution in [0.5, 0.6) is 0 Å². The molecule has 0 unspecified atom stereocenters. The van der Waals surface area contributed by atoms with Gasteiger partial charge in [0.25, 0.3) is 5.91 Å². The number of hydrogen-bond acceptors (Lipinski definition) is 5. The average Bonchev–Trinajstić information content (AvgIpc) is 2.65. The predicted molar refractivity (Wildman–Crippen MR) is 49.1 cm³/mol. The summed E-state index contributed by atoms with van der Waals surface area (Å²) in [6, 6.07) is 0. The van der Waals surface area contributed by atoms with Gasteiger partial charge in [0.1, 0.15) is 4.88 Å². The van der Waals surface area contributed by atoms with E-state index in [4.69, 9.17) is 5.11 Å². The van der Waals surface area contributed by atoms with Gasteiger partial charge in [-0.3, -0.25) is 9.59 Å². The summed E-state index contributed by atoms with van der Waals surface area (Å²) >= 11 is 0.994. The molecule has 0 fully saturated rings. The van der Waals surface area contributed by atoms with Gasteiger partial charge in [-0.1, -0.05) is 4.49 Å². The SMILES string of the molecule is CN(CCC(=O)O)C(=O)c1cnns1. The van der Waals surface area contributed by atoms with Crippen LogP contribution in [0.25, 0.3) is 0 Å². The monoisotopic (exact) mass is 215 g/mol. The number of aromatic nitrogens is 2. The predicted octanol–water partition coefficient (Wildman–Crippen LogP) is 0.0848. The Kier molecular flexibility index (Phi) is 3.52. The molecule has 0 saturated heterocycles. The quantitative estimate of drug-likeness (QED) is 0.769. The zero-order chi connectivity index (χ0) is 10.6. The third-order valence-electron chi connectivity index (χ3n) is 1.58. The van der Waals surface area contributed by atoms with Crippen LogP contribution >= 0.6 is 11.5 Å². The van der Waals surface area contributed by atoms with Crippen molar-refractivity contribution in [2.75, 3.05) is 13.6 Å². The zero-order valence-electron chi connectivity index (χ0n) is 7.51. The van der Waals surface area contributed by atoms with Gasteiger partial charge in [-0.15, -0.1) is 5.10 Å². The van der Waals surface area contributed by atoms with Crippen molar-refractivity contribution in [1.29, 1.82) is 0 Å². The fourth-order valence-corrected chi connectivity index (χ4v) is 1.32. The maximum absolute atomic E-state index is 11.5. The largest absolute Gasteiger partial charge is 0.481 e. The first kappa shape index (κ1) is 10.6. The number of aliphatic carboxylic acids is 1. The molecule has 0 radical (unpaired) electrons. The number of rotatable bonds is 4. The highest BCUT2D eigenvalue weighted by atomic mass is 32.1. The van der Waals surface area contributed by atoms with Crippen LogP contribution in [0.2, 0.25) is 0 Å². The van der Waals surface area contributed by atoms with Crippen LogP contribution in [-0.2, 0) is 4.79 Å². The molecule has 0 atom stereocenters. The summed E-state index contributed by atoms with van der Waals surface area (Å²) in [7, 11) is 1.55. The molecule has 6 nitrogen and oxygen atoms in total. The van der Waals surface area contributed by atoms with Crippen LogP contribution in [0.3, 0.4) is 0 Å². The lowest BCUT2D eigenvalue weighted by molar-refractivity contribution is -0.137. The number of nitrogens with zero attached hydrogens (tertiary/aromatic N) is 3. The van der Waals surface area contributed by atoms with Crippen LogP contribution in [0.1, 0.15) is 16.1 Å². The molecule has 0 saturated carbocycles. The first-order valence-corrected chi connectivity index (χ1v) is 4.63. The van der Waals surface area contributed by atoms with Crippen LogP contribution in [0.4, 0.5) is 0 Å². The highest BCUT2D eigenvalue weighted by molar-refractivity contribution is 7.07. The first-order chi connectivity index (χ1) is 6.61. The Bertz CT molecular complexity index is 325. The van der Waals surface area contributed by atoms with Gasteiger partial charge in [0.2, 0.25) is 0 Å². The van der Waals surface area contributed by atoms with Crippen molar-refractivity contribution in [3.8, 4) is 0 Å². The second-order valence-electron chi connectivity index (χ2n) is 2.65. The Hall–Kier alpha value is -1.50. The Morgan fingerprint density at radius 2 is 2.36 bits per heavy atom. The summed E-state index contributed by atoms with van der Waals surface area (Å²) in [5.41, 5.74) is 0. The van der Waals surface area contributed by atoms with Gasteiger partial charge in [-0.2, -0.15) is 0 Å². The van der Waals surface area contributed by atoms with E-state index in [1.54, 1.807) is 7.05 Å². The number of carboxylic acid groups (broad SMARTS) is 1. The summed E-state index contributed by atoms with van der Waals surface area (Å²) < 4.78 is 3.55. The Labute approximate surface area is 84.3 Å². The van der Waals surface area contributed by atoms with Crippen molar-refractivity contribution >= 4 is 23.4 Å². The van der Waals surface area contributed by atoms with Gasteiger partial charge in [-0.25, -0.2) is 0 Å². The number of carbonyl (C=O) groups excluding carboxylic acids is 1. The molecule has 76 valence electrons. The van der Waals surface area contributed by atoms with E-state index in [-0.39, 0.29) is 18.9 Å². The van der Waals surface area contributed by atoms with Crippen molar-refractivity contribution in [3.05, 3.63) is 11.1 Å². The zero-order valence-corrected chi connectivity index (χ0v) is 8.32. The van der Waals surface area contributed by atoms with Gasteiger partial charge in [-0.05, 0) is 11.5 Å². The third-order valence-corrected chi connectivity index (χ3v) is 2.23. The summed E-state index contributed by atoms with van der Waals surface area (Å²) in [6.07, 6.45) is 1.30. The molecule has 0 aliphatic carbocycles. The minimum absolute atomic E-state index is 0.0610. The normalized spacial score (nSPS) is 9.79. The van der Waals surface area contributed by atoms with Gasteiger partial charge < -0.3 is 10.0 Å². The third kappa shape index (κ3) is 2.77. The summed E-state index contributed by atoms with van der Waals surface area (Å²) in [6.45, 7) is 0.187. The van der Waals surface area contributed by atoms with E-state index < -0.39 is 5.97 Å². The standard InChI is InChI=1S/C7H9N3O3S/c1-10(3-2-6(11)12)7(13)5-4-8-9-14-5/h4H,2-3H2,1H3,(H,11,12). The molecule has 0 aromatic carbocycles. The van der Waals surface area contributed by atoms with Crippen LogP contribution in [0, 0.1) is 0 Å². The van der Waals surface area contributed by atoms with Crippen LogP contribution in [-0.4, -0.2) is 45.1 Å². The highest BCUT2D eigenvalue weighted by Gasteiger charge is 2.14. The van der Waals surface area contributed by atoms with Crippen molar-refractivity contribution in [2.45, 2.75) is 6.42 Å². The van der Waals surface area contributed by atoms with Gasteiger partial charge in [0.05, 0.1) is 12.6 Å². The fourth-order valence-electron chi connectivity index (χ4n) is 0.814. The first-order valence-electron chi connectivity index (χ1n) is 3.86. The molecule has 1 aromatic heterocycles. The van der Waals surface area contributed by atoms with Gasteiger partial charge >= 0.3 is 5.97 Å². The Balaban J connectivity index is 2.49. The second kappa shape index (κ2) is 4.66. The lowest BCUT2D eigenvalue weighted by Gasteiger charge is -2.13. The lowest BCUT2D eigenvalue weighted by atomic mass is 10.4. The smallest absolute Gasteiger partial charge is 0.305 e. The number of carbonyl (C=O) groups is 2. The average molecular weight is 215 g/mol. The molecular formula is C7H9N3O3S. The van der Waals surface area contributed by atoms with Crippen LogP contribution < -0.4 is 0 Å². The lowest BCUT2D eigenvalue weighted by Crippen LogP contribution is -2.28. The van der Waals surface area contributed by atoms with E-state index >= 15 is 0 Å². The molecule has 1 N–H and O–H groups in total. The Morgan fingerprint density at radius 3 is 2.86 bits per heavy atom. The summed E-state index contributed by atoms with van der Waals surface area (Å²) in [4.78, 5) is 23.5. The second-order valence-corrected chi connectivity index (χ2v) is 3.44. The van der Waals surface area contributed by atoms with E-state index in [1.165, 1.54) is 11.1 Å². The fraction of sp³-hybridized carbons (Fsp3) is 0.429. The van der Waals surface area contributed by atoms with Crippen molar-refractivity contribution in [3.63, 3.8) is 0 Å².